The maximum Gasteiger partial charge on any atom is 0.254 e. The van der Waals surface area contributed by atoms with Crippen LogP contribution in [0.4, 0.5) is 0 Å². The molecule has 1 aromatic carbocycles. The van der Waals surface area contributed by atoms with Crippen LogP contribution in [0.15, 0.2) is 24.3 Å². The van der Waals surface area contributed by atoms with Crippen molar-refractivity contribution in [1.82, 2.24) is 20.0 Å². The van der Waals surface area contributed by atoms with Gasteiger partial charge in [-0.15, -0.1) is 12.4 Å². The summed E-state index contributed by atoms with van der Waals surface area (Å²) >= 11 is 0. The lowest BCUT2D eigenvalue weighted by atomic mass is 9.80. The van der Waals surface area contributed by atoms with E-state index in [1.807, 2.05) is 34.1 Å². The molecule has 3 fully saturated rings. The Balaban J connectivity index is 0.00000380. The predicted octanol–water partition coefficient (Wildman–Crippen LogP) is 3.09. The molecule has 0 aromatic heterocycles. The predicted molar refractivity (Wildman–Crippen MR) is 146 cm³/mol. The Labute approximate surface area is 227 Å². The van der Waals surface area contributed by atoms with Gasteiger partial charge in [-0.3, -0.25) is 19.3 Å². The van der Waals surface area contributed by atoms with E-state index in [1.165, 1.54) is 0 Å². The Morgan fingerprint density at radius 1 is 1.08 bits per heavy atom. The number of hydrogen-bond acceptors (Lipinski definition) is 5. The van der Waals surface area contributed by atoms with Crippen molar-refractivity contribution in [2.24, 2.45) is 5.92 Å². The minimum absolute atomic E-state index is 0. The van der Waals surface area contributed by atoms with Crippen molar-refractivity contribution in [3.8, 4) is 0 Å². The minimum atomic E-state index is -0.731. The topological polar surface area (TPSA) is 82.2 Å². The first-order valence-electron chi connectivity index (χ1n) is 13.6. The number of ether oxygens (including phenoxy) is 1. The molecule has 206 valence electrons. The summed E-state index contributed by atoms with van der Waals surface area (Å²) in [5, 5.41) is 3.08. The third-order valence-electron chi connectivity index (χ3n) is 7.84. The standard InChI is InChI=1S/C28H42N4O4.ClH/c1-4-5-12-32-26(34)24(19-21(2)3)29-27(35)28(32)10-13-30(14-11-28)20-22-6-8-23(9-7-22)25(33)31-15-17-36-18-16-31;/h6-9,21,24H,4-5,10-20H2,1-3H3,(H,29,35);1H/t24-;/m0./s1. The number of rotatable bonds is 8. The van der Waals surface area contributed by atoms with Gasteiger partial charge >= 0.3 is 0 Å². The number of hydrogen-bond donors (Lipinski definition) is 1. The number of morpholine rings is 1. The van der Waals surface area contributed by atoms with E-state index in [0.29, 0.717) is 63.6 Å². The molecule has 37 heavy (non-hydrogen) atoms. The quantitative estimate of drug-likeness (QED) is 0.554. The Kier molecular flexibility index (Phi) is 10.4. The Hall–Kier alpha value is -2.16. The summed E-state index contributed by atoms with van der Waals surface area (Å²) < 4.78 is 5.34. The van der Waals surface area contributed by atoms with Gasteiger partial charge in [0.1, 0.15) is 11.6 Å². The molecule has 3 amide bonds. The normalized spacial score (nSPS) is 22.2. The molecule has 8 nitrogen and oxygen atoms in total. The van der Waals surface area contributed by atoms with E-state index in [1.54, 1.807) is 0 Å². The van der Waals surface area contributed by atoms with Gasteiger partial charge in [-0.05, 0) is 49.3 Å². The SMILES string of the molecule is CCCCN1C(=O)[C@H](CC(C)C)NC(=O)C12CCN(Cc1ccc(C(=O)N3CCOCC3)cc1)CC2.Cl. The van der Waals surface area contributed by atoms with Crippen LogP contribution >= 0.6 is 12.4 Å². The van der Waals surface area contributed by atoms with Crippen molar-refractivity contribution in [2.75, 3.05) is 45.9 Å². The van der Waals surface area contributed by atoms with E-state index in [4.69, 9.17) is 4.74 Å². The third kappa shape index (κ3) is 6.65. The first kappa shape index (κ1) is 29.4. The zero-order valence-electron chi connectivity index (χ0n) is 22.5. The Morgan fingerprint density at radius 3 is 2.32 bits per heavy atom. The number of piperidine rings is 1. The highest BCUT2D eigenvalue weighted by Crippen LogP contribution is 2.34. The van der Waals surface area contributed by atoms with Gasteiger partial charge in [0.15, 0.2) is 0 Å². The van der Waals surface area contributed by atoms with Crippen molar-refractivity contribution >= 4 is 30.1 Å². The molecule has 3 heterocycles. The fourth-order valence-electron chi connectivity index (χ4n) is 5.69. The average molecular weight is 535 g/mol. The minimum Gasteiger partial charge on any atom is -0.378 e. The molecule has 0 bridgehead atoms. The van der Waals surface area contributed by atoms with E-state index < -0.39 is 11.6 Å². The van der Waals surface area contributed by atoms with Crippen molar-refractivity contribution in [1.29, 1.82) is 0 Å². The number of nitrogens with zero attached hydrogens (tertiary/aromatic N) is 3. The third-order valence-corrected chi connectivity index (χ3v) is 7.84. The molecular weight excluding hydrogens is 492 g/mol. The Morgan fingerprint density at radius 2 is 1.73 bits per heavy atom. The zero-order valence-corrected chi connectivity index (χ0v) is 23.4. The second-order valence-electron chi connectivity index (χ2n) is 10.9. The maximum atomic E-state index is 13.4. The molecule has 1 spiro atoms. The fourth-order valence-corrected chi connectivity index (χ4v) is 5.69. The van der Waals surface area contributed by atoms with Crippen LogP contribution in [-0.2, 0) is 20.9 Å². The molecule has 0 unspecified atom stereocenters. The van der Waals surface area contributed by atoms with E-state index in [2.05, 4.69) is 31.0 Å². The van der Waals surface area contributed by atoms with Crippen LogP contribution in [0, 0.1) is 5.92 Å². The van der Waals surface area contributed by atoms with Gasteiger partial charge < -0.3 is 19.9 Å². The summed E-state index contributed by atoms with van der Waals surface area (Å²) in [4.78, 5) is 45.7. The zero-order chi connectivity index (χ0) is 25.7. The summed E-state index contributed by atoms with van der Waals surface area (Å²) in [7, 11) is 0. The second kappa shape index (κ2) is 13.1. The van der Waals surface area contributed by atoms with Crippen LogP contribution in [0.5, 0.6) is 0 Å². The highest BCUT2D eigenvalue weighted by atomic mass is 35.5. The van der Waals surface area contributed by atoms with Crippen LogP contribution in [0.1, 0.15) is 68.8 Å². The molecule has 0 radical (unpaired) electrons. The van der Waals surface area contributed by atoms with Crippen LogP contribution in [0.2, 0.25) is 0 Å². The number of likely N-dealkylation sites (tertiary alicyclic amines) is 1. The summed E-state index contributed by atoms with van der Waals surface area (Å²) in [5.74, 6) is 0.514. The van der Waals surface area contributed by atoms with E-state index in [0.717, 1.165) is 38.0 Å². The first-order valence-corrected chi connectivity index (χ1v) is 13.6. The molecule has 3 aliphatic heterocycles. The molecule has 3 aliphatic rings. The molecule has 3 saturated heterocycles. The lowest BCUT2D eigenvalue weighted by Crippen LogP contribution is -2.73. The molecule has 0 saturated carbocycles. The highest BCUT2D eigenvalue weighted by molar-refractivity contribution is 6.00. The van der Waals surface area contributed by atoms with Gasteiger partial charge in [-0.2, -0.15) is 0 Å². The summed E-state index contributed by atoms with van der Waals surface area (Å²) in [5.41, 5.74) is 1.12. The van der Waals surface area contributed by atoms with Crippen LogP contribution in [-0.4, -0.2) is 89.9 Å². The maximum absolute atomic E-state index is 13.4. The number of unbranched alkanes of at least 4 members (excludes halogenated alkanes) is 1. The number of nitrogens with one attached hydrogen (secondary N) is 1. The van der Waals surface area contributed by atoms with Crippen molar-refractivity contribution in [2.45, 2.75) is 71.0 Å². The number of carbonyl (C=O) groups is 3. The molecule has 1 aromatic rings. The van der Waals surface area contributed by atoms with Crippen LogP contribution in [0.25, 0.3) is 0 Å². The van der Waals surface area contributed by atoms with Gasteiger partial charge in [0.05, 0.1) is 13.2 Å². The van der Waals surface area contributed by atoms with Gasteiger partial charge in [-0.1, -0.05) is 39.3 Å². The van der Waals surface area contributed by atoms with Gasteiger partial charge in [0, 0.05) is 44.8 Å². The number of halogens is 1. The molecule has 1 atom stereocenters. The summed E-state index contributed by atoms with van der Waals surface area (Å²) in [6, 6.07) is 7.47. The van der Waals surface area contributed by atoms with E-state index >= 15 is 0 Å². The number of amides is 3. The highest BCUT2D eigenvalue weighted by Gasteiger charge is 2.53. The number of benzene rings is 1. The Bertz CT molecular complexity index is 925. The fraction of sp³-hybridized carbons (Fsp3) is 0.679. The molecule has 9 heteroatoms. The lowest BCUT2D eigenvalue weighted by molar-refractivity contribution is -0.161. The van der Waals surface area contributed by atoms with Crippen LogP contribution < -0.4 is 5.32 Å². The van der Waals surface area contributed by atoms with Gasteiger partial charge in [0.25, 0.3) is 5.91 Å². The largest absolute Gasteiger partial charge is 0.378 e. The van der Waals surface area contributed by atoms with Crippen molar-refractivity contribution in [3.05, 3.63) is 35.4 Å². The molecule has 4 rings (SSSR count). The smallest absolute Gasteiger partial charge is 0.254 e. The van der Waals surface area contributed by atoms with Gasteiger partial charge in [-0.25, -0.2) is 0 Å². The molecule has 1 N–H and O–H groups in total. The van der Waals surface area contributed by atoms with Crippen molar-refractivity contribution in [3.63, 3.8) is 0 Å². The second-order valence-corrected chi connectivity index (χ2v) is 10.9. The van der Waals surface area contributed by atoms with Crippen LogP contribution in [0.3, 0.4) is 0 Å². The van der Waals surface area contributed by atoms with Crippen molar-refractivity contribution < 1.29 is 19.1 Å². The lowest BCUT2D eigenvalue weighted by Gasteiger charge is -2.52. The molecular formula is C28H43ClN4O4. The first-order chi connectivity index (χ1) is 17.3. The van der Waals surface area contributed by atoms with E-state index in [9.17, 15) is 14.4 Å². The summed E-state index contributed by atoms with van der Waals surface area (Å²) in [6.07, 6.45) is 3.88. The molecule has 0 aliphatic carbocycles. The number of carbonyl (C=O) groups excluding carboxylic acids is 3. The monoisotopic (exact) mass is 534 g/mol. The van der Waals surface area contributed by atoms with Gasteiger partial charge in [0.2, 0.25) is 11.8 Å². The summed E-state index contributed by atoms with van der Waals surface area (Å²) in [6.45, 7) is 11.7. The van der Waals surface area contributed by atoms with E-state index in [-0.39, 0.29) is 30.1 Å². The number of piperazine rings is 1. The average Bonchev–Trinajstić information content (AvgIpc) is 2.89.